The third-order valence-electron chi connectivity index (χ3n) is 0. The Labute approximate surface area is 51.4 Å². The topological polar surface area (TPSA) is 99.3 Å². The molecule has 0 unspecified atom stereocenters. The summed E-state index contributed by atoms with van der Waals surface area (Å²) in [4.78, 5) is 16.2. The standard InChI is InChI=1S/B.2HNO2.H4Si/c;2*2-1-3;/h;2*(H,2,3);1H4. The van der Waals surface area contributed by atoms with E-state index in [0.717, 1.165) is 0 Å². The van der Waals surface area contributed by atoms with E-state index >= 15 is 0 Å². The van der Waals surface area contributed by atoms with E-state index < -0.39 is 0 Å². The van der Waals surface area contributed by atoms with Crippen LogP contribution in [0.4, 0.5) is 0 Å². The summed E-state index contributed by atoms with van der Waals surface area (Å²) in [6, 6.07) is 0. The van der Waals surface area contributed by atoms with Gasteiger partial charge in [-0.3, -0.25) is 0 Å². The first-order valence-corrected chi connectivity index (χ1v) is 0.765. The van der Waals surface area contributed by atoms with E-state index in [2.05, 4.69) is 0 Å². The van der Waals surface area contributed by atoms with Crippen molar-refractivity contribution >= 4 is 19.4 Å². The third kappa shape index (κ3) is 100. The van der Waals surface area contributed by atoms with E-state index in [1.807, 2.05) is 0 Å². The lowest BCUT2D eigenvalue weighted by molar-refractivity contribution is 0.312. The van der Waals surface area contributed by atoms with Crippen LogP contribution in [0.3, 0.4) is 0 Å². The molecule has 8 heteroatoms. The van der Waals surface area contributed by atoms with Crippen LogP contribution in [0, 0.1) is 9.81 Å². The molecule has 0 heterocycles. The van der Waals surface area contributed by atoms with Crippen molar-refractivity contribution in [1.82, 2.24) is 0 Å². The highest BCUT2D eigenvalue weighted by atomic mass is 28.1. The van der Waals surface area contributed by atoms with Crippen molar-refractivity contribution in [3.8, 4) is 0 Å². The third-order valence-corrected chi connectivity index (χ3v) is 0. The van der Waals surface area contributed by atoms with Gasteiger partial charge in [-0.05, 0) is 11.0 Å². The minimum absolute atomic E-state index is 0. The predicted molar refractivity (Wildman–Crippen MR) is 32.3 cm³/mol. The second kappa shape index (κ2) is 134. The van der Waals surface area contributed by atoms with Crippen molar-refractivity contribution in [2.75, 3.05) is 0 Å². The maximum Gasteiger partial charge on any atom is 0.152 e. The van der Waals surface area contributed by atoms with E-state index in [1.54, 1.807) is 0 Å². The van der Waals surface area contributed by atoms with Crippen LogP contribution in [0.15, 0.2) is 10.7 Å². The molecule has 0 aliphatic rings. The molecule has 0 saturated carbocycles. The van der Waals surface area contributed by atoms with Gasteiger partial charge < -0.3 is 10.4 Å². The van der Waals surface area contributed by atoms with Gasteiger partial charge in [0.2, 0.25) is 0 Å². The highest BCUT2D eigenvalue weighted by Crippen LogP contribution is 1.25. The zero-order valence-corrected chi connectivity index (χ0v) is 3.18. The molecule has 0 aromatic rings. The molecule has 0 aromatic heterocycles. The Morgan fingerprint density at radius 2 is 1.00 bits per heavy atom. The summed E-state index contributed by atoms with van der Waals surface area (Å²) in [5, 5.41) is 15.8. The zero-order valence-electron chi connectivity index (χ0n) is 3.18. The Morgan fingerprint density at radius 1 is 1.00 bits per heavy atom. The maximum atomic E-state index is 8.11. The van der Waals surface area contributed by atoms with Crippen LogP contribution in [-0.2, 0) is 0 Å². The molecule has 0 bridgehead atoms. The van der Waals surface area contributed by atoms with Crippen molar-refractivity contribution in [3.05, 3.63) is 9.81 Å². The van der Waals surface area contributed by atoms with Crippen LogP contribution >= 0.6 is 0 Å². The van der Waals surface area contributed by atoms with Gasteiger partial charge in [-0.1, -0.05) is 0 Å². The molecular formula is H6BN2O4Si. The number of hydrogen-bond donors (Lipinski definition) is 2. The first kappa shape index (κ1) is 27.6. The normalized spacial score (nSPS) is 3.00. The van der Waals surface area contributed by atoms with Crippen molar-refractivity contribution < 1.29 is 10.4 Å². The molecule has 8 heavy (non-hydrogen) atoms. The van der Waals surface area contributed by atoms with Crippen molar-refractivity contribution in [1.29, 1.82) is 0 Å². The van der Waals surface area contributed by atoms with Gasteiger partial charge in [0.25, 0.3) is 0 Å². The van der Waals surface area contributed by atoms with E-state index in [4.69, 9.17) is 20.2 Å². The zero-order chi connectivity index (χ0) is 5.41. The minimum Gasteiger partial charge on any atom is -0.379 e. The van der Waals surface area contributed by atoms with E-state index in [0.29, 0.717) is 0 Å². The van der Waals surface area contributed by atoms with Crippen LogP contribution in [0.2, 0.25) is 0 Å². The fraction of sp³-hybridized carbons (Fsp3) is 0. The molecule has 0 amide bonds. The largest absolute Gasteiger partial charge is 0.379 e. The fourth-order valence-electron chi connectivity index (χ4n) is 0. The molecule has 3 radical (unpaired) electrons. The monoisotopic (exact) mass is 137 g/mol. The molecular weight excluding hydrogens is 131 g/mol. The van der Waals surface area contributed by atoms with Gasteiger partial charge in [0.1, 0.15) is 0 Å². The van der Waals surface area contributed by atoms with E-state index in [1.165, 1.54) is 10.7 Å². The second-order valence-electron chi connectivity index (χ2n) is 0.163. The number of nitrogens with zero attached hydrogens (tertiary/aromatic N) is 2. The average Bonchev–Trinajstić information content (AvgIpc) is 1.39. The number of hydrogen-bond acceptors (Lipinski definition) is 4. The van der Waals surface area contributed by atoms with Gasteiger partial charge in [-0.15, -0.1) is 9.81 Å². The van der Waals surface area contributed by atoms with Crippen LogP contribution < -0.4 is 0 Å². The SMILES string of the molecule is O=NO.O=NO.[B].[SiH4]. The summed E-state index contributed by atoms with van der Waals surface area (Å²) in [5.74, 6) is 0. The molecule has 0 fully saturated rings. The average molecular weight is 137 g/mol. The van der Waals surface area contributed by atoms with Crippen molar-refractivity contribution in [2.45, 2.75) is 0 Å². The quantitative estimate of drug-likeness (QED) is 0.240. The Morgan fingerprint density at radius 3 is 1.00 bits per heavy atom. The summed E-state index contributed by atoms with van der Waals surface area (Å²) in [7, 11) is 0. The summed E-state index contributed by atoms with van der Waals surface area (Å²) in [6.45, 7) is 0. The summed E-state index contributed by atoms with van der Waals surface area (Å²) < 4.78 is 0. The van der Waals surface area contributed by atoms with Crippen LogP contribution in [0.25, 0.3) is 0 Å². The van der Waals surface area contributed by atoms with Gasteiger partial charge in [0.15, 0.2) is 10.7 Å². The van der Waals surface area contributed by atoms with Crippen molar-refractivity contribution in [3.63, 3.8) is 0 Å². The Bertz CT molecular complexity index is 35.0. The minimum atomic E-state index is 0. The van der Waals surface area contributed by atoms with Gasteiger partial charge in [0, 0.05) is 8.41 Å². The lowest BCUT2D eigenvalue weighted by atomic mass is 10.8. The summed E-state index contributed by atoms with van der Waals surface area (Å²) in [5.41, 5.74) is 0. The molecule has 6 nitrogen and oxygen atoms in total. The van der Waals surface area contributed by atoms with E-state index in [9.17, 15) is 0 Å². The molecule has 0 aromatic carbocycles. The van der Waals surface area contributed by atoms with Gasteiger partial charge in [0.05, 0.1) is 0 Å². The Balaban J connectivity index is -0.0000000160. The van der Waals surface area contributed by atoms with Gasteiger partial charge >= 0.3 is 0 Å². The first-order valence-electron chi connectivity index (χ1n) is 0.765. The van der Waals surface area contributed by atoms with Crippen LogP contribution in [-0.4, -0.2) is 29.8 Å². The maximum absolute atomic E-state index is 8.11. The van der Waals surface area contributed by atoms with Crippen molar-refractivity contribution in [2.24, 2.45) is 10.7 Å². The highest BCUT2D eigenvalue weighted by molar-refractivity contribution is 5.76. The molecule has 0 atom stereocenters. The Kier molecular flexibility index (Phi) is 463. The fourth-order valence-corrected chi connectivity index (χ4v) is 0. The first-order chi connectivity index (χ1) is 2.83. The molecule has 0 rings (SSSR count). The second-order valence-corrected chi connectivity index (χ2v) is 0.163. The lowest BCUT2D eigenvalue weighted by Gasteiger charge is -1.32. The predicted octanol–water partition coefficient (Wildman–Crippen LogP) is -1.55. The smallest absolute Gasteiger partial charge is 0.152 e. The molecule has 0 saturated heterocycles. The molecule has 2 N–H and O–H groups in total. The number of rotatable bonds is 0. The lowest BCUT2D eigenvalue weighted by Crippen LogP contribution is -1.25. The Hall–Kier alpha value is -0.918. The highest BCUT2D eigenvalue weighted by Gasteiger charge is 1.18. The van der Waals surface area contributed by atoms with Gasteiger partial charge in [-0.2, -0.15) is 0 Å². The molecule has 47 valence electrons. The summed E-state index contributed by atoms with van der Waals surface area (Å²) >= 11 is 0. The molecule has 0 aliphatic heterocycles. The molecule has 0 aliphatic carbocycles. The summed E-state index contributed by atoms with van der Waals surface area (Å²) in [6.07, 6.45) is 0. The van der Waals surface area contributed by atoms with Crippen LogP contribution in [0.1, 0.15) is 0 Å². The van der Waals surface area contributed by atoms with Crippen LogP contribution in [0.5, 0.6) is 0 Å². The molecule has 0 spiro atoms. The van der Waals surface area contributed by atoms with E-state index in [-0.39, 0.29) is 19.4 Å². The van der Waals surface area contributed by atoms with Gasteiger partial charge in [-0.25, -0.2) is 0 Å².